The van der Waals surface area contributed by atoms with Gasteiger partial charge in [0, 0.05) is 12.1 Å². The highest BCUT2D eigenvalue weighted by molar-refractivity contribution is 7.89. The fourth-order valence-corrected chi connectivity index (χ4v) is 4.38. The third-order valence-electron chi connectivity index (χ3n) is 4.44. The van der Waals surface area contributed by atoms with Gasteiger partial charge in [0.1, 0.15) is 5.02 Å². The summed E-state index contributed by atoms with van der Waals surface area (Å²) < 4.78 is 27.6. The van der Waals surface area contributed by atoms with Gasteiger partial charge >= 0.3 is 0 Å². The van der Waals surface area contributed by atoms with Gasteiger partial charge in [-0.1, -0.05) is 38.3 Å². The first-order valence-electron chi connectivity index (χ1n) is 7.18. The van der Waals surface area contributed by atoms with Crippen LogP contribution in [-0.4, -0.2) is 19.4 Å². The largest absolute Gasteiger partial charge is 0.289 e. The Bertz CT molecular complexity index is 677. The van der Waals surface area contributed by atoms with E-state index in [1.165, 1.54) is 12.1 Å². The molecule has 1 aromatic rings. The molecule has 122 valence electrons. The Balaban J connectivity index is 2.27. The van der Waals surface area contributed by atoms with Crippen LogP contribution in [0.15, 0.2) is 23.1 Å². The van der Waals surface area contributed by atoms with Crippen molar-refractivity contribution < 1.29 is 13.3 Å². The Labute approximate surface area is 135 Å². The molecule has 1 aliphatic rings. The second-order valence-electron chi connectivity index (χ2n) is 5.87. The van der Waals surface area contributed by atoms with Crippen molar-refractivity contribution in [3.8, 4) is 0 Å². The van der Waals surface area contributed by atoms with Gasteiger partial charge in [0.25, 0.3) is 5.69 Å². The molecule has 0 amide bonds. The molecule has 0 bridgehead atoms. The molecule has 1 saturated carbocycles. The lowest BCUT2D eigenvalue weighted by Crippen LogP contribution is -2.43. The minimum Gasteiger partial charge on any atom is -0.258 e. The molecule has 3 atom stereocenters. The zero-order valence-corrected chi connectivity index (χ0v) is 14.0. The molecule has 0 unspecified atom stereocenters. The standard InChI is InChI=1S/C14H19ClN2O4S/c1-9-4-3-5-13(10(9)2)16-22(20,21)11-6-7-12(15)14(8-11)17(18)19/h6-10,13,16H,3-5H2,1-2H3/t9-,10-,13-/m1/s1. The normalized spacial score (nSPS) is 25.9. The topological polar surface area (TPSA) is 89.3 Å². The van der Waals surface area contributed by atoms with E-state index in [0.717, 1.165) is 25.3 Å². The van der Waals surface area contributed by atoms with Crippen LogP contribution >= 0.6 is 11.6 Å². The van der Waals surface area contributed by atoms with Crippen LogP contribution < -0.4 is 4.72 Å². The van der Waals surface area contributed by atoms with E-state index in [9.17, 15) is 18.5 Å². The number of rotatable bonds is 4. The molecule has 0 spiro atoms. The molecule has 1 aromatic carbocycles. The maximum absolute atomic E-state index is 12.5. The third kappa shape index (κ3) is 3.59. The second kappa shape index (κ2) is 6.52. The SMILES string of the molecule is C[C@@H]1[C@H](C)CCC[C@H]1NS(=O)(=O)c1ccc(Cl)c([N+](=O)[O-])c1. The number of hydrogen-bond acceptors (Lipinski definition) is 4. The summed E-state index contributed by atoms with van der Waals surface area (Å²) in [5.74, 6) is 0.673. The van der Waals surface area contributed by atoms with Crippen molar-refractivity contribution in [3.05, 3.63) is 33.3 Å². The molecule has 22 heavy (non-hydrogen) atoms. The number of nitrogens with zero attached hydrogens (tertiary/aromatic N) is 1. The van der Waals surface area contributed by atoms with E-state index in [4.69, 9.17) is 11.6 Å². The van der Waals surface area contributed by atoms with Crippen LogP contribution in [0.3, 0.4) is 0 Å². The maximum Gasteiger partial charge on any atom is 0.289 e. The van der Waals surface area contributed by atoms with Gasteiger partial charge in [-0.3, -0.25) is 10.1 Å². The maximum atomic E-state index is 12.5. The molecule has 0 aromatic heterocycles. The summed E-state index contributed by atoms with van der Waals surface area (Å²) in [5.41, 5.74) is -0.408. The summed E-state index contributed by atoms with van der Waals surface area (Å²) in [7, 11) is -3.80. The van der Waals surface area contributed by atoms with Gasteiger partial charge in [-0.15, -0.1) is 0 Å². The van der Waals surface area contributed by atoms with Crippen LogP contribution in [0.25, 0.3) is 0 Å². The molecule has 1 N–H and O–H groups in total. The molecule has 6 nitrogen and oxygen atoms in total. The number of nitro groups is 1. The summed E-state index contributed by atoms with van der Waals surface area (Å²) in [6.07, 6.45) is 2.84. The van der Waals surface area contributed by atoms with Crippen molar-refractivity contribution >= 4 is 27.3 Å². The molecule has 0 radical (unpaired) electrons. The Morgan fingerprint density at radius 2 is 2.00 bits per heavy atom. The van der Waals surface area contributed by atoms with Gasteiger partial charge in [0.05, 0.1) is 9.82 Å². The van der Waals surface area contributed by atoms with Crippen LogP contribution in [0.1, 0.15) is 33.1 Å². The van der Waals surface area contributed by atoms with Gasteiger partial charge in [-0.05, 0) is 30.4 Å². The predicted molar refractivity (Wildman–Crippen MR) is 84.4 cm³/mol. The van der Waals surface area contributed by atoms with Crippen LogP contribution in [-0.2, 0) is 10.0 Å². The Kier molecular flexibility index (Phi) is 5.09. The number of hydrogen-bond donors (Lipinski definition) is 1. The van der Waals surface area contributed by atoms with Gasteiger partial charge in [-0.2, -0.15) is 0 Å². The number of halogens is 1. The zero-order chi connectivity index (χ0) is 16.5. The van der Waals surface area contributed by atoms with Crippen LogP contribution in [0.5, 0.6) is 0 Å². The smallest absolute Gasteiger partial charge is 0.258 e. The first-order valence-corrected chi connectivity index (χ1v) is 9.05. The van der Waals surface area contributed by atoms with Crippen molar-refractivity contribution in [1.82, 2.24) is 4.72 Å². The van der Waals surface area contributed by atoms with E-state index in [2.05, 4.69) is 11.6 Å². The fraction of sp³-hybridized carbons (Fsp3) is 0.571. The van der Waals surface area contributed by atoms with Crippen molar-refractivity contribution in [1.29, 1.82) is 0 Å². The Hall–Kier alpha value is -1.18. The Morgan fingerprint density at radius 1 is 1.32 bits per heavy atom. The van der Waals surface area contributed by atoms with Crippen molar-refractivity contribution in [2.45, 2.75) is 44.0 Å². The van der Waals surface area contributed by atoms with E-state index in [-0.39, 0.29) is 21.9 Å². The van der Waals surface area contributed by atoms with E-state index >= 15 is 0 Å². The average Bonchev–Trinajstić information content (AvgIpc) is 2.43. The summed E-state index contributed by atoms with van der Waals surface area (Å²) in [6, 6.07) is 3.38. The van der Waals surface area contributed by atoms with Gasteiger partial charge in [0.15, 0.2) is 0 Å². The molecule has 1 aliphatic carbocycles. The molecule has 0 saturated heterocycles. The monoisotopic (exact) mass is 346 g/mol. The van der Waals surface area contributed by atoms with Crippen molar-refractivity contribution in [2.24, 2.45) is 11.8 Å². The van der Waals surface area contributed by atoms with Gasteiger partial charge in [-0.25, -0.2) is 13.1 Å². The predicted octanol–water partition coefficient (Wildman–Crippen LogP) is 3.35. The lowest BCUT2D eigenvalue weighted by Gasteiger charge is -2.34. The highest BCUT2D eigenvalue weighted by atomic mass is 35.5. The number of benzene rings is 1. The number of nitrogens with one attached hydrogen (secondary N) is 1. The van der Waals surface area contributed by atoms with Gasteiger partial charge in [0.2, 0.25) is 10.0 Å². The molecular formula is C14H19ClN2O4S. The molecule has 0 aliphatic heterocycles. The highest BCUT2D eigenvalue weighted by Crippen LogP contribution is 2.31. The quantitative estimate of drug-likeness (QED) is 0.668. The summed E-state index contributed by atoms with van der Waals surface area (Å²) in [4.78, 5) is 10.1. The molecule has 8 heteroatoms. The lowest BCUT2D eigenvalue weighted by molar-refractivity contribution is -0.384. The minimum absolute atomic E-state index is 0.0800. The first-order chi connectivity index (χ1) is 10.2. The molecular weight excluding hydrogens is 328 g/mol. The molecule has 2 rings (SSSR count). The molecule has 0 heterocycles. The van der Waals surface area contributed by atoms with Crippen LogP contribution in [0.4, 0.5) is 5.69 Å². The highest BCUT2D eigenvalue weighted by Gasteiger charge is 2.31. The number of nitro benzene ring substituents is 1. The zero-order valence-electron chi connectivity index (χ0n) is 12.5. The van der Waals surface area contributed by atoms with Crippen molar-refractivity contribution in [2.75, 3.05) is 0 Å². The number of sulfonamides is 1. The fourth-order valence-electron chi connectivity index (χ4n) is 2.82. The van der Waals surface area contributed by atoms with E-state index in [1.807, 2.05) is 6.92 Å². The summed E-state index contributed by atoms with van der Waals surface area (Å²) in [6.45, 7) is 4.14. The minimum atomic E-state index is -3.80. The second-order valence-corrected chi connectivity index (χ2v) is 7.99. The average molecular weight is 347 g/mol. The van der Waals surface area contributed by atoms with Gasteiger partial charge < -0.3 is 0 Å². The van der Waals surface area contributed by atoms with Crippen LogP contribution in [0, 0.1) is 22.0 Å². The van der Waals surface area contributed by atoms with E-state index in [0.29, 0.717) is 5.92 Å². The third-order valence-corrected chi connectivity index (χ3v) is 6.25. The summed E-state index contributed by atoms with van der Waals surface area (Å²) in [5, 5.41) is 10.8. The van der Waals surface area contributed by atoms with E-state index < -0.39 is 20.6 Å². The first kappa shape index (κ1) is 17.2. The molecule has 1 fully saturated rings. The van der Waals surface area contributed by atoms with Crippen molar-refractivity contribution in [3.63, 3.8) is 0 Å². The van der Waals surface area contributed by atoms with Crippen LogP contribution in [0.2, 0.25) is 5.02 Å². The Morgan fingerprint density at radius 3 is 2.64 bits per heavy atom. The summed E-state index contributed by atoms with van der Waals surface area (Å²) >= 11 is 5.72. The van der Waals surface area contributed by atoms with E-state index in [1.54, 1.807) is 0 Å². The lowest BCUT2D eigenvalue weighted by atomic mass is 9.78.